The Balaban J connectivity index is 1.24. The third-order valence-corrected chi connectivity index (χ3v) is 9.40. The van der Waals surface area contributed by atoms with Gasteiger partial charge in [0.25, 0.3) is 0 Å². The maximum Gasteiger partial charge on any atom is 0.695 e. The fourth-order valence-corrected chi connectivity index (χ4v) is 6.85. The van der Waals surface area contributed by atoms with Crippen LogP contribution in [0.4, 0.5) is 29.1 Å². The standard InChI is InChI=1S/C36H28F4N3O9P/c1-47-22-12-8-20(9-13-22)36(19-6-4-3-5-7-19,21-10-14-23(48-2)15-11-21)49-18-26-24(52-53(45)46)16-27(50-26)43-17-25-34(42-35(43)44)41-32-30(39)28(37)29(38)31(40)33(32)51-25/h3-15,17,24,26-27H,16,18H2,1-2H3,(H-,41,42,44,45,46)/p+1/t24-,26+,27+/m0/s1. The zero-order valence-corrected chi connectivity index (χ0v) is 28.7. The molecule has 1 fully saturated rings. The number of hydrogen-bond acceptors (Lipinski definition) is 10. The van der Waals surface area contributed by atoms with Crippen LogP contribution in [0.25, 0.3) is 0 Å². The Morgan fingerprint density at radius 2 is 1.47 bits per heavy atom. The first-order valence-corrected chi connectivity index (χ1v) is 17.1. The molecule has 274 valence electrons. The van der Waals surface area contributed by atoms with Crippen molar-refractivity contribution < 1.29 is 55.2 Å². The molecule has 2 N–H and O–H groups in total. The van der Waals surface area contributed by atoms with Gasteiger partial charge < -0.3 is 29.0 Å². The van der Waals surface area contributed by atoms with Crippen molar-refractivity contribution in [2.24, 2.45) is 0 Å². The summed E-state index contributed by atoms with van der Waals surface area (Å²) in [6.07, 6.45) is -2.52. The number of fused-ring (bicyclic) bond motifs is 2. The smallest absolute Gasteiger partial charge is 0.497 e. The van der Waals surface area contributed by atoms with Gasteiger partial charge in [0.1, 0.15) is 41.2 Å². The molecule has 5 aromatic rings. The zero-order valence-electron chi connectivity index (χ0n) is 27.8. The van der Waals surface area contributed by atoms with Crippen LogP contribution in [0.2, 0.25) is 0 Å². The molecule has 0 amide bonds. The highest BCUT2D eigenvalue weighted by Gasteiger charge is 2.46. The van der Waals surface area contributed by atoms with Crippen LogP contribution in [0.5, 0.6) is 23.0 Å². The average molecular weight is 755 g/mol. The molecular weight excluding hydrogens is 725 g/mol. The molecule has 0 saturated carbocycles. The van der Waals surface area contributed by atoms with E-state index in [-0.39, 0.29) is 18.8 Å². The number of benzene rings is 4. The lowest BCUT2D eigenvalue weighted by molar-refractivity contribution is -0.0917. The topological polar surface area (TPSA) is 140 Å². The Morgan fingerprint density at radius 3 is 2.06 bits per heavy atom. The van der Waals surface area contributed by atoms with E-state index in [9.17, 15) is 31.8 Å². The van der Waals surface area contributed by atoms with Crippen LogP contribution in [0.1, 0.15) is 29.3 Å². The van der Waals surface area contributed by atoms with E-state index in [2.05, 4.69) is 10.3 Å². The number of anilines is 2. The van der Waals surface area contributed by atoms with E-state index in [1.807, 2.05) is 54.6 Å². The van der Waals surface area contributed by atoms with Crippen molar-refractivity contribution in [1.29, 1.82) is 0 Å². The van der Waals surface area contributed by atoms with Gasteiger partial charge in [-0.1, -0.05) is 54.6 Å². The van der Waals surface area contributed by atoms with E-state index < -0.39 is 78.5 Å². The van der Waals surface area contributed by atoms with Crippen LogP contribution >= 0.6 is 8.25 Å². The maximum absolute atomic E-state index is 14.6. The predicted molar refractivity (Wildman–Crippen MR) is 180 cm³/mol. The second kappa shape index (κ2) is 14.6. The third kappa shape index (κ3) is 6.60. The second-order valence-electron chi connectivity index (χ2n) is 11.9. The highest BCUT2D eigenvalue weighted by molar-refractivity contribution is 7.32. The van der Waals surface area contributed by atoms with Crippen LogP contribution in [0.3, 0.4) is 0 Å². The largest absolute Gasteiger partial charge is 0.695 e. The first-order chi connectivity index (χ1) is 25.5. The normalized spacial score (nSPS) is 18.0. The maximum atomic E-state index is 14.6. The van der Waals surface area contributed by atoms with E-state index in [4.69, 9.17) is 28.2 Å². The summed E-state index contributed by atoms with van der Waals surface area (Å²) in [6.45, 7) is -0.259. The molecule has 17 heteroatoms. The highest BCUT2D eigenvalue weighted by Crippen LogP contribution is 2.47. The summed E-state index contributed by atoms with van der Waals surface area (Å²) < 4.78 is 104. The molecule has 0 radical (unpaired) electrons. The number of nitrogens with zero attached hydrogens (tertiary/aromatic N) is 2. The van der Waals surface area contributed by atoms with Gasteiger partial charge >= 0.3 is 13.9 Å². The van der Waals surface area contributed by atoms with E-state index in [0.29, 0.717) is 22.6 Å². The summed E-state index contributed by atoms with van der Waals surface area (Å²) in [4.78, 5) is 26.8. The van der Waals surface area contributed by atoms with Crippen LogP contribution < -0.4 is 25.2 Å². The minimum absolute atomic E-state index is 0.174. The molecular formula is C36H29F4N3O9P+. The highest BCUT2D eigenvalue weighted by atomic mass is 31.1. The molecule has 1 aromatic heterocycles. The number of halogens is 4. The fraction of sp³-hybridized carbons (Fsp3) is 0.222. The number of aromatic nitrogens is 2. The zero-order chi connectivity index (χ0) is 37.4. The summed E-state index contributed by atoms with van der Waals surface area (Å²) in [5.41, 5.74) is -1.07. The lowest BCUT2D eigenvalue weighted by Crippen LogP contribution is -2.38. The van der Waals surface area contributed by atoms with Gasteiger partial charge in [-0.15, -0.1) is 9.42 Å². The molecule has 0 bridgehead atoms. The summed E-state index contributed by atoms with van der Waals surface area (Å²) in [7, 11) is -0.0695. The number of methoxy groups -OCH3 is 2. The van der Waals surface area contributed by atoms with Crippen LogP contribution in [-0.4, -0.2) is 47.5 Å². The first-order valence-electron chi connectivity index (χ1n) is 15.9. The molecule has 0 spiro atoms. The monoisotopic (exact) mass is 754 g/mol. The van der Waals surface area contributed by atoms with Gasteiger partial charge in [-0.3, -0.25) is 4.57 Å². The number of ether oxygens (including phenoxy) is 5. The Kier molecular flexibility index (Phi) is 9.89. The molecule has 3 heterocycles. The van der Waals surface area contributed by atoms with E-state index in [1.165, 1.54) is 0 Å². The lowest BCUT2D eigenvalue weighted by atomic mass is 9.80. The second-order valence-corrected chi connectivity index (χ2v) is 12.6. The molecule has 4 aromatic carbocycles. The minimum atomic E-state index is -3.16. The van der Waals surface area contributed by atoms with Gasteiger partial charge in [0.05, 0.1) is 27.0 Å². The fourth-order valence-electron chi connectivity index (χ4n) is 6.40. The quantitative estimate of drug-likeness (QED) is 0.0465. The predicted octanol–water partition coefficient (Wildman–Crippen LogP) is 7.00. The van der Waals surface area contributed by atoms with Crippen molar-refractivity contribution in [1.82, 2.24) is 9.55 Å². The van der Waals surface area contributed by atoms with Crippen LogP contribution in [0.15, 0.2) is 89.9 Å². The van der Waals surface area contributed by atoms with Crippen molar-refractivity contribution in [2.75, 3.05) is 26.1 Å². The number of hydrogen-bond donors (Lipinski definition) is 2. The molecule has 4 atom stereocenters. The Hall–Kier alpha value is -5.38. The van der Waals surface area contributed by atoms with E-state index >= 15 is 0 Å². The molecule has 7 rings (SSSR count). The van der Waals surface area contributed by atoms with Crippen molar-refractivity contribution in [3.05, 3.63) is 136 Å². The summed E-state index contributed by atoms with van der Waals surface area (Å²) >= 11 is 0. The number of rotatable bonds is 11. The minimum Gasteiger partial charge on any atom is -0.497 e. The van der Waals surface area contributed by atoms with Gasteiger partial charge in [-0.2, -0.15) is 9.37 Å². The SMILES string of the molecule is COc1ccc(C(OC[C@H]2O[C@@H](n3cc4c(nc3=O)Nc3c(F)c(F)c(F)c(F)c3O4)C[C@@H]2O[P+](=O)O)(c2ccccc2)c2ccc(OC)cc2)cc1. The number of nitrogens with one attached hydrogen (secondary N) is 1. The molecule has 53 heavy (non-hydrogen) atoms. The van der Waals surface area contributed by atoms with Crippen molar-refractivity contribution in [2.45, 2.75) is 30.5 Å². The van der Waals surface area contributed by atoms with Crippen molar-refractivity contribution in [3.63, 3.8) is 0 Å². The summed E-state index contributed by atoms with van der Waals surface area (Å²) in [5, 5.41) is 2.27. The summed E-state index contributed by atoms with van der Waals surface area (Å²) in [5.74, 6) is -8.29. The van der Waals surface area contributed by atoms with Crippen LogP contribution in [0, 0.1) is 23.3 Å². The van der Waals surface area contributed by atoms with Crippen molar-refractivity contribution >= 4 is 19.8 Å². The van der Waals surface area contributed by atoms with E-state index in [1.54, 1.807) is 38.5 Å². The van der Waals surface area contributed by atoms with Gasteiger partial charge in [-0.25, -0.2) is 18.0 Å². The first kappa shape index (κ1) is 36.0. The molecule has 2 aliphatic rings. The molecule has 1 unspecified atom stereocenters. The molecule has 1 saturated heterocycles. The van der Waals surface area contributed by atoms with Gasteiger partial charge in [-0.05, 0) is 41.0 Å². The van der Waals surface area contributed by atoms with Crippen molar-refractivity contribution in [3.8, 4) is 23.0 Å². The Morgan fingerprint density at radius 1 is 0.887 bits per heavy atom. The molecule has 12 nitrogen and oxygen atoms in total. The lowest BCUT2D eigenvalue weighted by Gasteiger charge is -2.37. The average Bonchev–Trinajstić information content (AvgIpc) is 3.57. The van der Waals surface area contributed by atoms with E-state index in [0.717, 1.165) is 16.3 Å². The Bertz CT molecular complexity index is 2180. The molecule has 2 aliphatic heterocycles. The molecule has 0 aliphatic carbocycles. The van der Waals surface area contributed by atoms with Crippen LogP contribution in [-0.2, 0) is 24.2 Å². The van der Waals surface area contributed by atoms with Gasteiger partial charge in [0.2, 0.25) is 11.6 Å². The Labute approximate surface area is 299 Å². The summed E-state index contributed by atoms with van der Waals surface area (Å²) in [6, 6.07) is 23.8. The van der Waals surface area contributed by atoms with Gasteiger partial charge in [0, 0.05) is 11.0 Å². The third-order valence-electron chi connectivity index (χ3n) is 8.95. The van der Waals surface area contributed by atoms with Gasteiger partial charge in [0.15, 0.2) is 29.0 Å².